The van der Waals surface area contributed by atoms with Crippen molar-refractivity contribution < 1.29 is 19.7 Å². The first-order valence-corrected chi connectivity index (χ1v) is 6.41. The molecule has 2 rings (SSSR count). The van der Waals surface area contributed by atoms with E-state index >= 15 is 0 Å². The van der Waals surface area contributed by atoms with Crippen molar-refractivity contribution in [1.82, 2.24) is 0 Å². The van der Waals surface area contributed by atoms with E-state index in [2.05, 4.69) is 0 Å². The van der Waals surface area contributed by atoms with Crippen LogP contribution < -0.4 is 0 Å². The SMILES string of the molecule is COC[C@H]1[C@@H](O)[C@H](O)C=C[C@H]1OCc1ccccc1. The number of rotatable bonds is 5. The Labute approximate surface area is 113 Å². The van der Waals surface area contributed by atoms with Crippen molar-refractivity contribution >= 4 is 0 Å². The summed E-state index contributed by atoms with van der Waals surface area (Å²) >= 11 is 0. The summed E-state index contributed by atoms with van der Waals surface area (Å²) in [5.74, 6) is -0.256. The number of aliphatic hydroxyl groups excluding tert-OH is 2. The first-order valence-electron chi connectivity index (χ1n) is 6.41. The maximum atomic E-state index is 9.97. The van der Waals surface area contributed by atoms with Crippen LogP contribution in [0.5, 0.6) is 0 Å². The topological polar surface area (TPSA) is 58.9 Å². The molecule has 1 aliphatic rings. The molecule has 0 radical (unpaired) electrons. The lowest BCUT2D eigenvalue weighted by atomic mass is 9.87. The highest BCUT2D eigenvalue weighted by Gasteiger charge is 2.34. The third kappa shape index (κ3) is 3.64. The molecule has 1 aliphatic carbocycles. The second-order valence-electron chi connectivity index (χ2n) is 4.75. The third-order valence-corrected chi connectivity index (χ3v) is 3.35. The Morgan fingerprint density at radius 2 is 1.84 bits per heavy atom. The smallest absolute Gasteiger partial charge is 0.0985 e. The van der Waals surface area contributed by atoms with Crippen LogP contribution in [0.3, 0.4) is 0 Å². The second-order valence-corrected chi connectivity index (χ2v) is 4.75. The van der Waals surface area contributed by atoms with Gasteiger partial charge >= 0.3 is 0 Å². The van der Waals surface area contributed by atoms with Crippen LogP contribution in [0.1, 0.15) is 5.56 Å². The number of methoxy groups -OCH3 is 1. The molecule has 1 aromatic carbocycles. The van der Waals surface area contributed by atoms with Gasteiger partial charge in [0.15, 0.2) is 0 Å². The molecule has 0 aromatic heterocycles. The minimum Gasteiger partial charge on any atom is -0.390 e. The van der Waals surface area contributed by atoms with E-state index in [1.165, 1.54) is 0 Å². The summed E-state index contributed by atoms with van der Waals surface area (Å²) in [6.45, 7) is 0.820. The fraction of sp³-hybridized carbons (Fsp3) is 0.467. The maximum Gasteiger partial charge on any atom is 0.0985 e. The minimum absolute atomic E-state index is 0.251. The molecule has 0 bridgehead atoms. The molecule has 4 nitrogen and oxygen atoms in total. The van der Waals surface area contributed by atoms with E-state index in [4.69, 9.17) is 9.47 Å². The second kappa shape index (κ2) is 6.82. The Bertz CT molecular complexity index is 404. The first-order chi connectivity index (χ1) is 9.22. The molecular weight excluding hydrogens is 244 g/mol. The fourth-order valence-electron chi connectivity index (χ4n) is 2.26. The fourth-order valence-corrected chi connectivity index (χ4v) is 2.26. The van der Waals surface area contributed by atoms with Crippen LogP contribution in [0.4, 0.5) is 0 Å². The van der Waals surface area contributed by atoms with Crippen LogP contribution in [0.25, 0.3) is 0 Å². The van der Waals surface area contributed by atoms with E-state index in [9.17, 15) is 10.2 Å². The van der Waals surface area contributed by atoms with Crippen molar-refractivity contribution in [3.05, 3.63) is 48.0 Å². The Balaban J connectivity index is 1.99. The van der Waals surface area contributed by atoms with E-state index in [0.717, 1.165) is 5.56 Å². The lowest BCUT2D eigenvalue weighted by Crippen LogP contribution is -2.45. The molecule has 4 atom stereocenters. The van der Waals surface area contributed by atoms with E-state index in [0.29, 0.717) is 13.2 Å². The van der Waals surface area contributed by atoms with Gasteiger partial charge in [0.1, 0.15) is 0 Å². The summed E-state index contributed by atoms with van der Waals surface area (Å²) in [7, 11) is 1.58. The normalized spacial score (nSPS) is 30.5. The van der Waals surface area contributed by atoms with E-state index in [1.54, 1.807) is 19.3 Å². The molecule has 0 unspecified atom stereocenters. The summed E-state index contributed by atoms with van der Waals surface area (Å²) in [6.07, 6.45) is 1.41. The van der Waals surface area contributed by atoms with E-state index in [1.807, 2.05) is 30.3 Å². The van der Waals surface area contributed by atoms with Gasteiger partial charge in [-0.15, -0.1) is 0 Å². The molecule has 0 heterocycles. The zero-order chi connectivity index (χ0) is 13.7. The summed E-state index contributed by atoms with van der Waals surface area (Å²) in [4.78, 5) is 0. The molecule has 0 fully saturated rings. The molecule has 0 saturated carbocycles. The molecule has 19 heavy (non-hydrogen) atoms. The van der Waals surface area contributed by atoms with Crippen molar-refractivity contribution in [3.8, 4) is 0 Å². The molecule has 4 heteroatoms. The summed E-state index contributed by atoms with van der Waals surface area (Å²) in [5, 5.41) is 19.6. The predicted molar refractivity (Wildman–Crippen MR) is 71.5 cm³/mol. The van der Waals surface area contributed by atoms with Gasteiger partial charge < -0.3 is 19.7 Å². The molecule has 0 spiro atoms. The van der Waals surface area contributed by atoms with Crippen LogP contribution in [-0.2, 0) is 16.1 Å². The predicted octanol–water partition coefficient (Wildman–Crippen LogP) is 1.13. The number of benzene rings is 1. The number of hydrogen-bond donors (Lipinski definition) is 2. The van der Waals surface area contributed by atoms with Gasteiger partial charge in [-0.3, -0.25) is 0 Å². The highest BCUT2D eigenvalue weighted by Crippen LogP contribution is 2.24. The van der Waals surface area contributed by atoms with Gasteiger partial charge in [0.2, 0.25) is 0 Å². The Morgan fingerprint density at radius 3 is 2.53 bits per heavy atom. The van der Waals surface area contributed by atoms with Gasteiger partial charge in [-0.1, -0.05) is 42.5 Å². The average Bonchev–Trinajstić information content (AvgIpc) is 2.44. The van der Waals surface area contributed by atoms with Crippen LogP contribution >= 0.6 is 0 Å². The highest BCUT2D eigenvalue weighted by atomic mass is 16.5. The van der Waals surface area contributed by atoms with Crippen LogP contribution in [0, 0.1) is 5.92 Å². The maximum absolute atomic E-state index is 9.97. The highest BCUT2D eigenvalue weighted by molar-refractivity contribution is 5.14. The molecular formula is C15H20O4. The largest absolute Gasteiger partial charge is 0.390 e. The van der Waals surface area contributed by atoms with E-state index < -0.39 is 12.2 Å². The molecule has 0 amide bonds. The van der Waals surface area contributed by atoms with Gasteiger partial charge in [-0.05, 0) is 5.56 Å². The van der Waals surface area contributed by atoms with E-state index in [-0.39, 0.29) is 12.0 Å². The quantitative estimate of drug-likeness (QED) is 0.783. The van der Waals surface area contributed by atoms with Gasteiger partial charge in [-0.2, -0.15) is 0 Å². The lowest BCUT2D eigenvalue weighted by Gasteiger charge is -2.34. The molecule has 1 aromatic rings. The molecule has 104 valence electrons. The Kier molecular flexibility index (Phi) is 5.10. The van der Waals surface area contributed by atoms with Crippen LogP contribution in [-0.4, -0.2) is 42.2 Å². The standard InChI is InChI=1S/C15H20O4/c1-18-10-12-14(8-7-13(16)15(12)17)19-9-11-5-3-2-4-6-11/h2-8,12-17H,9-10H2,1H3/t12-,13-,14-,15-/m1/s1. The van der Waals surface area contributed by atoms with Crippen molar-refractivity contribution in [2.75, 3.05) is 13.7 Å². The third-order valence-electron chi connectivity index (χ3n) is 3.35. The van der Waals surface area contributed by atoms with Crippen molar-refractivity contribution in [1.29, 1.82) is 0 Å². The van der Waals surface area contributed by atoms with Crippen LogP contribution in [0.15, 0.2) is 42.5 Å². The summed E-state index contributed by atoms with van der Waals surface area (Å²) < 4.78 is 10.9. The van der Waals surface area contributed by atoms with Gasteiger partial charge in [0, 0.05) is 13.0 Å². The van der Waals surface area contributed by atoms with Crippen molar-refractivity contribution in [2.45, 2.75) is 24.9 Å². The van der Waals surface area contributed by atoms with Crippen molar-refractivity contribution in [3.63, 3.8) is 0 Å². The molecule has 2 N–H and O–H groups in total. The summed E-state index contributed by atoms with van der Waals surface area (Å²) in [5.41, 5.74) is 1.08. The number of ether oxygens (including phenoxy) is 2. The average molecular weight is 264 g/mol. The molecule has 0 saturated heterocycles. The number of aliphatic hydroxyl groups is 2. The zero-order valence-electron chi connectivity index (χ0n) is 11.0. The Hall–Kier alpha value is -1.20. The molecule has 0 aliphatic heterocycles. The Morgan fingerprint density at radius 1 is 1.11 bits per heavy atom. The van der Waals surface area contributed by atoms with Gasteiger partial charge in [0.05, 0.1) is 31.5 Å². The lowest BCUT2D eigenvalue weighted by molar-refractivity contribution is -0.0873. The van der Waals surface area contributed by atoms with Gasteiger partial charge in [0.25, 0.3) is 0 Å². The number of hydrogen-bond acceptors (Lipinski definition) is 4. The summed E-state index contributed by atoms with van der Waals surface area (Å²) in [6, 6.07) is 9.85. The minimum atomic E-state index is -0.856. The zero-order valence-corrected chi connectivity index (χ0v) is 11.0. The van der Waals surface area contributed by atoms with Crippen LogP contribution in [0.2, 0.25) is 0 Å². The van der Waals surface area contributed by atoms with Gasteiger partial charge in [-0.25, -0.2) is 0 Å². The monoisotopic (exact) mass is 264 g/mol. The van der Waals surface area contributed by atoms with Crippen molar-refractivity contribution in [2.24, 2.45) is 5.92 Å². The first kappa shape index (κ1) is 14.2.